The molecule has 0 fully saturated rings. The minimum absolute atomic E-state index is 0.148. The number of imidazole rings is 1. The smallest absolute Gasteiger partial charge is 0.329 e. The first-order valence-corrected chi connectivity index (χ1v) is 5.59. The molecule has 9 nitrogen and oxygen atoms in total. The van der Waals surface area contributed by atoms with E-state index in [-0.39, 0.29) is 11.5 Å². The lowest BCUT2D eigenvalue weighted by Crippen LogP contribution is -2.12. The Bertz CT molecular complexity index is 555. The Kier molecular flexibility index (Phi) is 3.86. The molecule has 2 N–H and O–H groups in total. The molecule has 0 unspecified atom stereocenters. The Morgan fingerprint density at radius 3 is 3.00 bits per heavy atom. The van der Waals surface area contributed by atoms with Crippen molar-refractivity contribution in [1.82, 2.24) is 19.5 Å². The van der Waals surface area contributed by atoms with Gasteiger partial charge in [-0.3, -0.25) is 10.1 Å². The van der Waals surface area contributed by atoms with Crippen LogP contribution in [0, 0.1) is 10.1 Å². The van der Waals surface area contributed by atoms with Crippen molar-refractivity contribution in [3.63, 3.8) is 0 Å². The van der Waals surface area contributed by atoms with Gasteiger partial charge in [0.05, 0.1) is 11.3 Å². The zero-order chi connectivity index (χ0) is 13.7. The first kappa shape index (κ1) is 12.7. The lowest BCUT2D eigenvalue weighted by Gasteiger charge is -2.07. The van der Waals surface area contributed by atoms with E-state index in [1.165, 1.54) is 6.20 Å². The highest BCUT2D eigenvalue weighted by molar-refractivity contribution is 5.56. The molecule has 2 heterocycles. The van der Waals surface area contributed by atoms with E-state index in [1.807, 2.05) is 10.8 Å². The number of hydrogen-bond acceptors (Lipinski definition) is 7. The summed E-state index contributed by atoms with van der Waals surface area (Å²) >= 11 is 0. The maximum absolute atomic E-state index is 10.9. The molecule has 0 aliphatic heterocycles. The number of nitrogens with one attached hydrogen (secondary N) is 2. The molecule has 0 aliphatic carbocycles. The van der Waals surface area contributed by atoms with Crippen LogP contribution in [0.15, 0.2) is 24.9 Å². The van der Waals surface area contributed by atoms with E-state index >= 15 is 0 Å². The second-order valence-electron chi connectivity index (χ2n) is 3.66. The predicted molar refractivity (Wildman–Crippen MR) is 68.9 cm³/mol. The molecule has 0 saturated carbocycles. The minimum atomic E-state index is -0.515. The Morgan fingerprint density at radius 2 is 2.37 bits per heavy atom. The standard InChI is InChI=1S/C10H13N7O2/c1-11-10-14-6-8(17(18)19)9(15-10)13-3-5-16-4-2-12-7-16/h2,4,6-7H,3,5H2,1H3,(H2,11,13,14,15). The topological polar surface area (TPSA) is 111 Å². The van der Waals surface area contributed by atoms with Crippen LogP contribution < -0.4 is 10.6 Å². The average molecular weight is 263 g/mol. The monoisotopic (exact) mass is 263 g/mol. The summed E-state index contributed by atoms with van der Waals surface area (Å²) in [6.07, 6.45) is 6.34. The summed E-state index contributed by atoms with van der Waals surface area (Å²) in [6, 6.07) is 0. The zero-order valence-corrected chi connectivity index (χ0v) is 10.3. The van der Waals surface area contributed by atoms with Crippen LogP contribution in [-0.2, 0) is 6.54 Å². The van der Waals surface area contributed by atoms with Crippen LogP contribution >= 0.6 is 0 Å². The summed E-state index contributed by atoms with van der Waals surface area (Å²) in [5.74, 6) is 0.528. The maximum Gasteiger partial charge on any atom is 0.329 e. The fourth-order valence-electron chi connectivity index (χ4n) is 1.48. The second kappa shape index (κ2) is 5.76. The highest BCUT2D eigenvalue weighted by atomic mass is 16.6. The molecule has 0 atom stereocenters. The molecule has 9 heteroatoms. The van der Waals surface area contributed by atoms with Gasteiger partial charge in [-0.1, -0.05) is 0 Å². The van der Waals surface area contributed by atoms with Crippen molar-refractivity contribution in [1.29, 1.82) is 0 Å². The van der Waals surface area contributed by atoms with Crippen molar-refractivity contribution in [3.05, 3.63) is 35.0 Å². The van der Waals surface area contributed by atoms with E-state index in [9.17, 15) is 10.1 Å². The summed E-state index contributed by atoms with van der Waals surface area (Å²) in [5.41, 5.74) is -0.148. The van der Waals surface area contributed by atoms with Crippen LogP contribution in [0.5, 0.6) is 0 Å². The average Bonchev–Trinajstić information content (AvgIpc) is 2.91. The van der Waals surface area contributed by atoms with Crippen molar-refractivity contribution in [2.24, 2.45) is 0 Å². The van der Waals surface area contributed by atoms with Gasteiger partial charge in [-0.15, -0.1) is 0 Å². The molecule has 0 aromatic carbocycles. The Hall–Kier alpha value is -2.71. The Morgan fingerprint density at radius 1 is 1.53 bits per heavy atom. The van der Waals surface area contributed by atoms with Crippen LogP contribution in [0.3, 0.4) is 0 Å². The highest BCUT2D eigenvalue weighted by Gasteiger charge is 2.16. The molecule has 0 bridgehead atoms. The van der Waals surface area contributed by atoms with Crippen molar-refractivity contribution in [3.8, 4) is 0 Å². The van der Waals surface area contributed by atoms with Crippen LogP contribution in [0.1, 0.15) is 0 Å². The van der Waals surface area contributed by atoms with Gasteiger partial charge in [0.15, 0.2) is 0 Å². The van der Waals surface area contributed by atoms with Crippen LogP contribution in [0.4, 0.5) is 17.5 Å². The van der Waals surface area contributed by atoms with Crippen molar-refractivity contribution in [2.45, 2.75) is 6.54 Å². The molecular weight excluding hydrogens is 250 g/mol. The summed E-state index contributed by atoms with van der Waals surface area (Å²) in [7, 11) is 1.65. The number of rotatable bonds is 6. The second-order valence-corrected chi connectivity index (χ2v) is 3.66. The van der Waals surface area contributed by atoms with Crippen LogP contribution in [0.2, 0.25) is 0 Å². The van der Waals surface area contributed by atoms with Gasteiger partial charge in [0.25, 0.3) is 0 Å². The summed E-state index contributed by atoms with van der Waals surface area (Å²) < 4.78 is 1.86. The highest BCUT2D eigenvalue weighted by Crippen LogP contribution is 2.21. The number of nitro groups is 1. The molecule has 0 saturated heterocycles. The fourth-order valence-corrected chi connectivity index (χ4v) is 1.48. The SMILES string of the molecule is CNc1ncc([N+](=O)[O-])c(NCCn2ccnc2)n1. The van der Waals surface area contributed by atoms with Gasteiger partial charge in [0, 0.05) is 32.5 Å². The number of hydrogen-bond donors (Lipinski definition) is 2. The van der Waals surface area contributed by atoms with E-state index < -0.39 is 4.92 Å². The maximum atomic E-state index is 10.9. The largest absolute Gasteiger partial charge is 0.362 e. The third-order valence-corrected chi connectivity index (χ3v) is 2.41. The van der Waals surface area contributed by atoms with Crippen molar-refractivity contribution < 1.29 is 4.92 Å². The van der Waals surface area contributed by atoms with Crippen LogP contribution in [-0.4, -0.2) is 38.0 Å². The zero-order valence-electron chi connectivity index (χ0n) is 10.3. The lowest BCUT2D eigenvalue weighted by molar-refractivity contribution is -0.384. The molecule has 2 aromatic rings. The van der Waals surface area contributed by atoms with Gasteiger partial charge >= 0.3 is 5.69 Å². The van der Waals surface area contributed by atoms with Gasteiger partial charge in [-0.2, -0.15) is 4.98 Å². The molecule has 0 radical (unpaired) electrons. The first-order valence-electron chi connectivity index (χ1n) is 5.59. The fraction of sp³-hybridized carbons (Fsp3) is 0.300. The Balaban J connectivity index is 2.06. The molecule has 2 aromatic heterocycles. The summed E-state index contributed by atoms with van der Waals surface area (Å²) in [5, 5.41) is 16.5. The summed E-state index contributed by atoms with van der Waals surface area (Å²) in [4.78, 5) is 22.1. The molecule has 0 aliphatic rings. The molecule has 19 heavy (non-hydrogen) atoms. The molecule has 2 rings (SSSR count). The van der Waals surface area contributed by atoms with E-state index in [4.69, 9.17) is 0 Å². The molecule has 0 amide bonds. The lowest BCUT2D eigenvalue weighted by atomic mass is 10.4. The quantitative estimate of drug-likeness (QED) is 0.583. The molecule has 0 spiro atoms. The van der Waals surface area contributed by atoms with Gasteiger partial charge < -0.3 is 15.2 Å². The minimum Gasteiger partial charge on any atom is -0.362 e. The van der Waals surface area contributed by atoms with Crippen LogP contribution in [0.25, 0.3) is 0 Å². The Labute approximate surface area is 108 Å². The van der Waals surface area contributed by atoms with E-state index in [0.717, 1.165) is 0 Å². The molecular formula is C10H13N7O2. The molecule has 100 valence electrons. The number of anilines is 2. The van der Waals surface area contributed by atoms with E-state index in [2.05, 4.69) is 25.6 Å². The predicted octanol–water partition coefficient (Wildman–Crippen LogP) is 0.735. The van der Waals surface area contributed by atoms with E-state index in [0.29, 0.717) is 19.0 Å². The number of aromatic nitrogens is 4. The van der Waals surface area contributed by atoms with Gasteiger partial charge in [0.2, 0.25) is 11.8 Å². The van der Waals surface area contributed by atoms with Gasteiger partial charge in [-0.25, -0.2) is 9.97 Å². The first-order chi connectivity index (χ1) is 9.20. The van der Waals surface area contributed by atoms with E-state index in [1.54, 1.807) is 19.6 Å². The number of nitrogens with zero attached hydrogens (tertiary/aromatic N) is 5. The van der Waals surface area contributed by atoms with Gasteiger partial charge in [0.1, 0.15) is 6.20 Å². The van der Waals surface area contributed by atoms with Crippen molar-refractivity contribution in [2.75, 3.05) is 24.2 Å². The third-order valence-electron chi connectivity index (χ3n) is 2.41. The summed E-state index contributed by atoms with van der Waals surface area (Å²) in [6.45, 7) is 1.13. The third kappa shape index (κ3) is 3.15. The van der Waals surface area contributed by atoms with Gasteiger partial charge in [-0.05, 0) is 0 Å². The normalized spacial score (nSPS) is 10.2. The van der Waals surface area contributed by atoms with Crippen molar-refractivity contribution >= 4 is 17.5 Å².